The highest BCUT2D eigenvalue weighted by molar-refractivity contribution is 5.85. The summed E-state index contributed by atoms with van der Waals surface area (Å²) in [6.45, 7) is 0.800. The lowest BCUT2D eigenvalue weighted by atomic mass is 10.2. The fourth-order valence-corrected chi connectivity index (χ4v) is 1.42. The average Bonchev–Trinajstić information content (AvgIpc) is 2.38. The van der Waals surface area contributed by atoms with Gasteiger partial charge in [-0.25, -0.2) is 0 Å². The molecule has 0 aliphatic carbocycles. The van der Waals surface area contributed by atoms with Crippen molar-refractivity contribution in [2.75, 3.05) is 12.4 Å². The van der Waals surface area contributed by atoms with Crippen molar-refractivity contribution in [3.05, 3.63) is 54.4 Å². The molecule has 0 saturated heterocycles. The third-order valence-electron chi connectivity index (χ3n) is 2.34. The molecule has 0 aliphatic rings. The molecule has 1 aromatic carbocycles. The molecule has 0 saturated carbocycles. The first-order chi connectivity index (χ1) is 7.88. The summed E-state index contributed by atoms with van der Waals surface area (Å²) in [7, 11) is 1.67. The molecule has 0 radical (unpaired) electrons. The van der Waals surface area contributed by atoms with Crippen LogP contribution in [0.25, 0.3) is 0 Å². The second kappa shape index (κ2) is 8.61. The van der Waals surface area contributed by atoms with Gasteiger partial charge in [-0.1, -0.05) is 12.1 Å². The van der Waals surface area contributed by atoms with Gasteiger partial charge in [-0.15, -0.1) is 24.8 Å². The lowest BCUT2D eigenvalue weighted by Gasteiger charge is -2.06. The summed E-state index contributed by atoms with van der Waals surface area (Å²) in [5.41, 5.74) is 2.29. The molecular weight excluding hydrogens is 271 g/mol. The molecule has 98 valence electrons. The van der Waals surface area contributed by atoms with Crippen molar-refractivity contribution in [3.8, 4) is 5.75 Å². The number of pyridine rings is 1. The number of aromatic nitrogens is 1. The minimum atomic E-state index is 0. The van der Waals surface area contributed by atoms with Gasteiger partial charge in [0, 0.05) is 24.6 Å². The third kappa shape index (κ3) is 4.82. The Balaban J connectivity index is 0.00000144. The van der Waals surface area contributed by atoms with Gasteiger partial charge in [0.15, 0.2) is 0 Å². The van der Waals surface area contributed by atoms with Crippen molar-refractivity contribution < 1.29 is 4.74 Å². The van der Waals surface area contributed by atoms with E-state index < -0.39 is 0 Å². The van der Waals surface area contributed by atoms with Gasteiger partial charge in [-0.2, -0.15) is 0 Å². The lowest BCUT2D eigenvalue weighted by molar-refractivity contribution is 0.414. The number of hydrogen-bond donors (Lipinski definition) is 1. The molecule has 0 unspecified atom stereocenters. The number of benzene rings is 1. The summed E-state index contributed by atoms with van der Waals surface area (Å²) in [6, 6.07) is 11.9. The molecule has 5 heteroatoms. The van der Waals surface area contributed by atoms with Gasteiger partial charge in [-0.3, -0.25) is 4.98 Å². The van der Waals surface area contributed by atoms with E-state index in [1.54, 1.807) is 19.5 Å². The van der Waals surface area contributed by atoms with Gasteiger partial charge in [0.1, 0.15) is 5.75 Å². The Morgan fingerprint density at radius 1 is 1.00 bits per heavy atom. The number of nitrogens with one attached hydrogen (secondary N) is 1. The second-order valence-corrected chi connectivity index (χ2v) is 3.44. The van der Waals surface area contributed by atoms with Crippen molar-refractivity contribution in [2.24, 2.45) is 0 Å². The number of anilines is 1. The van der Waals surface area contributed by atoms with E-state index in [2.05, 4.69) is 10.3 Å². The fraction of sp³-hybridized carbons (Fsp3) is 0.154. The molecule has 0 atom stereocenters. The SMILES string of the molecule is COc1ccc(CNc2ccncc2)cc1.Cl.Cl. The van der Waals surface area contributed by atoms with Crippen molar-refractivity contribution in [2.45, 2.75) is 6.54 Å². The highest BCUT2D eigenvalue weighted by atomic mass is 35.5. The van der Waals surface area contributed by atoms with Crippen LogP contribution >= 0.6 is 24.8 Å². The Bertz CT molecular complexity index is 435. The van der Waals surface area contributed by atoms with Gasteiger partial charge in [0.25, 0.3) is 0 Å². The van der Waals surface area contributed by atoms with E-state index in [0.29, 0.717) is 0 Å². The number of rotatable bonds is 4. The number of hydrogen-bond acceptors (Lipinski definition) is 3. The minimum Gasteiger partial charge on any atom is -0.497 e. The highest BCUT2D eigenvalue weighted by Crippen LogP contribution is 2.12. The van der Waals surface area contributed by atoms with E-state index in [0.717, 1.165) is 18.0 Å². The Hall–Kier alpha value is -1.45. The largest absolute Gasteiger partial charge is 0.497 e. The molecule has 0 spiro atoms. The maximum atomic E-state index is 5.10. The van der Waals surface area contributed by atoms with E-state index in [4.69, 9.17) is 4.74 Å². The topological polar surface area (TPSA) is 34.1 Å². The molecule has 0 fully saturated rings. The van der Waals surface area contributed by atoms with Crippen LogP contribution in [0.15, 0.2) is 48.8 Å². The number of ether oxygens (including phenoxy) is 1. The molecule has 18 heavy (non-hydrogen) atoms. The van der Waals surface area contributed by atoms with Gasteiger partial charge in [0.05, 0.1) is 7.11 Å². The zero-order valence-corrected chi connectivity index (χ0v) is 11.6. The van der Waals surface area contributed by atoms with Crippen LogP contribution < -0.4 is 10.1 Å². The van der Waals surface area contributed by atoms with E-state index in [9.17, 15) is 0 Å². The fourth-order valence-electron chi connectivity index (χ4n) is 1.42. The molecule has 2 rings (SSSR count). The number of nitrogens with zero attached hydrogens (tertiary/aromatic N) is 1. The molecule has 0 bridgehead atoms. The molecule has 1 aromatic heterocycles. The van der Waals surface area contributed by atoms with Crippen LogP contribution in [0.3, 0.4) is 0 Å². The van der Waals surface area contributed by atoms with Crippen LogP contribution in [0.2, 0.25) is 0 Å². The van der Waals surface area contributed by atoms with Crippen LogP contribution in [-0.4, -0.2) is 12.1 Å². The normalized spacial score (nSPS) is 8.72. The Kier molecular flexibility index (Phi) is 7.92. The molecule has 1 N–H and O–H groups in total. The monoisotopic (exact) mass is 286 g/mol. The first-order valence-corrected chi connectivity index (χ1v) is 5.15. The number of halogens is 2. The summed E-state index contributed by atoms with van der Waals surface area (Å²) >= 11 is 0. The number of methoxy groups -OCH3 is 1. The van der Waals surface area contributed by atoms with Crippen molar-refractivity contribution in [1.82, 2.24) is 4.98 Å². The van der Waals surface area contributed by atoms with E-state index in [1.165, 1.54) is 5.56 Å². The van der Waals surface area contributed by atoms with Crippen molar-refractivity contribution >= 4 is 30.5 Å². The average molecular weight is 287 g/mol. The maximum absolute atomic E-state index is 5.10. The molecule has 3 nitrogen and oxygen atoms in total. The highest BCUT2D eigenvalue weighted by Gasteiger charge is 1.94. The standard InChI is InChI=1S/C13H14N2O.2ClH/c1-16-13-4-2-11(3-5-13)10-15-12-6-8-14-9-7-12;;/h2-9H,10H2,1H3,(H,14,15);2*1H. The summed E-state index contributed by atoms with van der Waals surface area (Å²) in [5.74, 6) is 0.882. The van der Waals surface area contributed by atoms with Gasteiger partial charge in [-0.05, 0) is 29.8 Å². The van der Waals surface area contributed by atoms with E-state index in [1.807, 2.05) is 36.4 Å². The predicted molar refractivity (Wildman–Crippen MR) is 79.1 cm³/mol. The van der Waals surface area contributed by atoms with Crippen LogP contribution in [-0.2, 0) is 6.54 Å². The predicted octanol–water partition coefficient (Wildman–Crippen LogP) is 3.55. The van der Waals surface area contributed by atoms with Crippen LogP contribution in [0, 0.1) is 0 Å². The van der Waals surface area contributed by atoms with Gasteiger partial charge in [0.2, 0.25) is 0 Å². The quantitative estimate of drug-likeness (QED) is 0.933. The van der Waals surface area contributed by atoms with E-state index >= 15 is 0 Å². The Morgan fingerprint density at radius 2 is 1.61 bits per heavy atom. The van der Waals surface area contributed by atoms with E-state index in [-0.39, 0.29) is 24.8 Å². The minimum absolute atomic E-state index is 0. The first-order valence-electron chi connectivity index (χ1n) is 5.15. The van der Waals surface area contributed by atoms with Crippen LogP contribution in [0.1, 0.15) is 5.56 Å². The van der Waals surface area contributed by atoms with Gasteiger partial charge < -0.3 is 10.1 Å². The zero-order valence-electron chi connectivity index (χ0n) is 10.00. The summed E-state index contributed by atoms with van der Waals surface area (Å²) in [6.07, 6.45) is 3.55. The smallest absolute Gasteiger partial charge is 0.118 e. The Morgan fingerprint density at radius 3 is 2.17 bits per heavy atom. The molecule has 2 aromatic rings. The van der Waals surface area contributed by atoms with Crippen molar-refractivity contribution in [3.63, 3.8) is 0 Å². The summed E-state index contributed by atoms with van der Waals surface area (Å²) < 4.78 is 5.10. The summed E-state index contributed by atoms with van der Waals surface area (Å²) in [5, 5.41) is 3.32. The molecule has 1 heterocycles. The zero-order chi connectivity index (χ0) is 11.2. The lowest BCUT2D eigenvalue weighted by Crippen LogP contribution is -1.99. The third-order valence-corrected chi connectivity index (χ3v) is 2.34. The molecule has 0 amide bonds. The Labute approximate surface area is 119 Å². The summed E-state index contributed by atoms with van der Waals surface area (Å²) in [4.78, 5) is 3.97. The van der Waals surface area contributed by atoms with Gasteiger partial charge >= 0.3 is 0 Å². The van der Waals surface area contributed by atoms with Crippen LogP contribution in [0.5, 0.6) is 5.75 Å². The molecular formula is C13H16Cl2N2O. The maximum Gasteiger partial charge on any atom is 0.118 e. The molecule has 0 aliphatic heterocycles. The second-order valence-electron chi connectivity index (χ2n) is 3.44. The van der Waals surface area contributed by atoms with Crippen molar-refractivity contribution in [1.29, 1.82) is 0 Å². The van der Waals surface area contributed by atoms with Crippen LogP contribution in [0.4, 0.5) is 5.69 Å². The first kappa shape index (κ1) is 16.6.